The highest BCUT2D eigenvalue weighted by atomic mass is 19.2. The first-order chi connectivity index (χ1) is 11.0. The smallest absolute Gasteiger partial charge is 0.327 e. The number of benzene rings is 1. The number of hydrogen-bond acceptors (Lipinski definition) is 4. The lowest BCUT2D eigenvalue weighted by atomic mass is 9.91. The van der Waals surface area contributed by atoms with E-state index < -0.39 is 17.2 Å². The first-order valence-corrected chi connectivity index (χ1v) is 8.16. The zero-order chi connectivity index (χ0) is 16.9. The standard InChI is InChI=1S/C17H24F2N2O2/c1-3-9-17(16(22)23-4-2)10-6-11-21(17)20-12-13-7-5-8-14(18)15(13)19/h5,7-8,20H,3-4,6,9-12H2,1-2H3/t17-/m1/s1. The molecular weight excluding hydrogens is 302 g/mol. The maximum absolute atomic E-state index is 13.8. The number of carbonyl (C=O) groups excluding carboxylic acids is 1. The predicted molar refractivity (Wildman–Crippen MR) is 83.4 cm³/mol. The average Bonchev–Trinajstić information content (AvgIpc) is 2.93. The van der Waals surface area contributed by atoms with Crippen molar-refractivity contribution in [2.75, 3.05) is 13.2 Å². The predicted octanol–water partition coefficient (Wildman–Crippen LogP) is 3.17. The number of hydrogen-bond donors (Lipinski definition) is 1. The molecule has 0 unspecified atom stereocenters. The van der Waals surface area contributed by atoms with E-state index >= 15 is 0 Å². The van der Waals surface area contributed by atoms with Gasteiger partial charge in [-0.2, -0.15) is 0 Å². The largest absolute Gasteiger partial charge is 0.465 e. The van der Waals surface area contributed by atoms with Crippen LogP contribution < -0.4 is 5.43 Å². The van der Waals surface area contributed by atoms with Crippen LogP contribution in [0.5, 0.6) is 0 Å². The summed E-state index contributed by atoms with van der Waals surface area (Å²) < 4.78 is 32.3. The van der Waals surface area contributed by atoms with E-state index in [0.717, 1.165) is 18.9 Å². The molecule has 0 saturated carbocycles. The van der Waals surface area contributed by atoms with Gasteiger partial charge in [-0.15, -0.1) is 0 Å². The number of carbonyl (C=O) groups is 1. The van der Waals surface area contributed by atoms with Crippen molar-refractivity contribution in [2.45, 2.75) is 51.6 Å². The third-order valence-electron chi connectivity index (χ3n) is 4.30. The molecule has 0 spiro atoms. The van der Waals surface area contributed by atoms with Crippen molar-refractivity contribution in [3.8, 4) is 0 Å². The molecule has 0 radical (unpaired) electrons. The van der Waals surface area contributed by atoms with Crippen molar-refractivity contribution in [1.82, 2.24) is 10.4 Å². The van der Waals surface area contributed by atoms with Gasteiger partial charge in [0.1, 0.15) is 5.54 Å². The Balaban J connectivity index is 2.13. The summed E-state index contributed by atoms with van der Waals surface area (Å²) in [5.41, 5.74) is 2.63. The Labute approximate surface area is 135 Å². The van der Waals surface area contributed by atoms with Gasteiger partial charge >= 0.3 is 5.97 Å². The summed E-state index contributed by atoms with van der Waals surface area (Å²) in [6, 6.07) is 4.10. The van der Waals surface area contributed by atoms with Crippen molar-refractivity contribution in [2.24, 2.45) is 0 Å². The molecule has 6 heteroatoms. The Hall–Kier alpha value is -1.53. The molecule has 0 aromatic heterocycles. The maximum atomic E-state index is 13.8. The highest BCUT2D eigenvalue weighted by Crippen LogP contribution is 2.33. The Morgan fingerprint density at radius 3 is 2.87 bits per heavy atom. The van der Waals surface area contributed by atoms with Crippen LogP contribution in [0.2, 0.25) is 0 Å². The second-order valence-corrected chi connectivity index (χ2v) is 5.81. The maximum Gasteiger partial charge on any atom is 0.327 e. The molecule has 1 aromatic carbocycles. The SMILES string of the molecule is CCC[C@]1(C(=O)OCC)CCCN1NCc1cccc(F)c1F. The molecule has 1 heterocycles. The molecule has 1 aromatic rings. The molecule has 1 atom stereocenters. The van der Waals surface area contributed by atoms with Crippen LogP contribution in [0.3, 0.4) is 0 Å². The molecule has 2 rings (SSSR count). The number of nitrogens with zero attached hydrogens (tertiary/aromatic N) is 1. The van der Waals surface area contributed by atoms with E-state index in [0.29, 0.717) is 26.0 Å². The summed E-state index contributed by atoms with van der Waals surface area (Å²) in [5, 5.41) is 1.85. The second kappa shape index (κ2) is 7.84. The van der Waals surface area contributed by atoms with E-state index in [1.54, 1.807) is 6.92 Å². The molecule has 128 valence electrons. The van der Waals surface area contributed by atoms with Crippen LogP contribution in [-0.4, -0.2) is 29.7 Å². The highest BCUT2D eigenvalue weighted by Gasteiger charge is 2.48. The van der Waals surface area contributed by atoms with Crippen molar-refractivity contribution in [3.05, 3.63) is 35.4 Å². The summed E-state index contributed by atoms with van der Waals surface area (Å²) in [4.78, 5) is 12.5. The Bertz CT molecular complexity index is 553. The number of esters is 1. The van der Waals surface area contributed by atoms with Gasteiger partial charge in [0.2, 0.25) is 0 Å². The summed E-state index contributed by atoms with van der Waals surface area (Å²) in [6.07, 6.45) is 3.07. The molecule has 1 aliphatic heterocycles. The lowest BCUT2D eigenvalue weighted by molar-refractivity contribution is -0.159. The zero-order valence-corrected chi connectivity index (χ0v) is 13.7. The van der Waals surface area contributed by atoms with E-state index in [1.165, 1.54) is 12.1 Å². The first-order valence-electron chi connectivity index (χ1n) is 8.16. The summed E-state index contributed by atoms with van der Waals surface area (Å²) in [6.45, 7) is 4.94. The van der Waals surface area contributed by atoms with E-state index in [-0.39, 0.29) is 18.1 Å². The van der Waals surface area contributed by atoms with E-state index in [2.05, 4.69) is 5.43 Å². The van der Waals surface area contributed by atoms with Gasteiger partial charge in [-0.05, 0) is 32.3 Å². The van der Waals surface area contributed by atoms with Crippen molar-refractivity contribution in [1.29, 1.82) is 0 Å². The first kappa shape index (κ1) is 17.8. The number of rotatable bonds is 7. The van der Waals surface area contributed by atoms with Crippen LogP contribution >= 0.6 is 0 Å². The topological polar surface area (TPSA) is 41.6 Å². The van der Waals surface area contributed by atoms with E-state index in [9.17, 15) is 13.6 Å². The zero-order valence-electron chi connectivity index (χ0n) is 13.7. The van der Waals surface area contributed by atoms with Gasteiger partial charge in [-0.1, -0.05) is 25.5 Å². The normalized spacial score (nSPS) is 21.6. The number of halogens is 2. The minimum Gasteiger partial charge on any atom is -0.465 e. The Kier molecular flexibility index (Phi) is 6.07. The Morgan fingerprint density at radius 2 is 2.17 bits per heavy atom. The molecule has 1 aliphatic rings. The van der Waals surface area contributed by atoms with Gasteiger partial charge in [0, 0.05) is 18.7 Å². The van der Waals surface area contributed by atoms with Gasteiger partial charge in [0.25, 0.3) is 0 Å². The number of hydrazine groups is 1. The summed E-state index contributed by atoms with van der Waals surface area (Å²) >= 11 is 0. The van der Waals surface area contributed by atoms with Gasteiger partial charge in [0.05, 0.1) is 6.61 Å². The third-order valence-corrected chi connectivity index (χ3v) is 4.30. The van der Waals surface area contributed by atoms with Crippen molar-refractivity contribution >= 4 is 5.97 Å². The molecule has 1 N–H and O–H groups in total. The molecule has 0 aliphatic carbocycles. The minimum absolute atomic E-state index is 0.133. The van der Waals surface area contributed by atoms with Gasteiger partial charge < -0.3 is 4.74 Å². The number of nitrogens with one attached hydrogen (secondary N) is 1. The van der Waals surface area contributed by atoms with Crippen LogP contribution in [0.25, 0.3) is 0 Å². The van der Waals surface area contributed by atoms with Gasteiger partial charge in [-0.25, -0.2) is 24.0 Å². The Morgan fingerprint density at radius 1 is 1.39 bits per heavy atom. The van der Waals surface area contributed by atoms with Crippen LogP contribution in [0.4, 0.5) is 8.78 Å². The molecule has 0 amide bonds. The highest BCUT2D eigenvalue weighted by molar-refractivity contribution is 5.81. The molecule has 4 nitrogen and oxygen atoms in total. The fourth-order valence-corrected chi connectivity index (χ4v) is 3.23. The summed E-state index contributed by atoms with van der Waals surface area (Å²) in [5.74, 6) is -1.96. The van der Waals surface area contributed by atoms with Crippen LogP contribution in [-0.2, 0) is 16.1 Å². The quantitative estimate of drug-likeness (QED) is 0.782. The van der Waals surface area contributed by atoms with Crippen molar-refractivity contribution in [3.63, 3.8) is 0 Å². The lowest BCUT2D eigenvalue weighted by Gasteiger charge is -2.36. The molecule has 0 bridgehead atoms. The van der Waals surface area contributed by atoms with Crippen LogP contribution in [0.1, 0.15) is 45.1 Å². The van der Waals surface area contributed by atoms with Crippen molar-refractivity contribution < 1.29 is 18.3 Å². The second-order valence-electron chi connectivity index (χ2n) is 5.81. The molecule has 23 heavy (non-hydrogen) atoms. The molecule has 1 fully saturated rings. The average molecular weight is 326 g/mol. The molecule has 1 saturated heterocycles. The van der Waals surface area contributed by atoms with Gasteiger partial charge in [-0.3, -0.25) is 0 Å². The van der Waals surface area contributed by atoms with Gasteiger partial charge in [0.15, 0.2) is 11.6 Å². The lowest BCUT2D eigenvalue weighted by Crippen LogP contribution is -2.56. The third kappa shape index (κ3) is 3.70. The fraction of sp³-hybridized carbons (Fsp3) is 0.588. The monoisotopic (exact) mass is 326 g/mol. The fourth-order valence-electron chi connectivity index (χ4n) is 3.23. The minimum atomic E-state index is -0.865. The van der Waals surface area contributed by atoms with E-state index in [1.807, 2.05) is 11.9 Å². The molecular formula is C17H24F2N2O2. The van der Waals surface area contributed by atoms with E-state index in [4.69, 9.17) is 4.74 Å². The van der Waals surface area contributed by atoms with Crippen LogP contribution in [0.15, 0.2) is 18.2 Å². The van der Waals surface area contributed by atoms with Crippen LogP contribution in [0, 0.1) is 11.6 Å². The summed E-state index contributed by atoms with van der Waals surface area (Å²) in [7, 11) is 0. The number of ether oxygens (including phenoxy) is 1.